The highest BCUT2D eigenvalue weighted by Gasteiger charge is 2.47. The lowest BCUT2D eigenvalue weighted by molar-refractivity contribution is -0.125. The molecule has 1 fully saturated rings. The zero-order valence-corrected chi connectivity index (χ0v) is 15.6. The molecule has 4 rings (SSSR count). The summed E-state index contributed by atoms with van der Waals surface area (Å²) in [6.07, 6.45) is 1.28. The first kappa shape index (κ1) is 18.2. The number of nitrogens with one attached hydrogen (secondary N) is 2. The zero-order chi connectivity index (χ0) is 19.5. The lowest BCUT2D eigenvalue weighted by atomic mass is 10.1. The van der Waals surface area contributed by atoms with E-state index in [2.05, 4.69) is 10.6 Å². The van der Waals surface area contributed by atoms with Crippen molar-refractivity contribution in [1.29, 1.82) is 0 Å². The van der Waals surface area contributed by atoms with E-state index in [9.17, 15) is 9.59 Å². The molecule has 0 bridgehead atoms. The van der Waals surface area contributed by atoms with Crippen molar-refractivity contribution in [2.24, 2.45) is 11.8 Å². The van der Waals surface area contributed by atoms with Crippen molar-refractivity contribution in [2.45, 2.75) is 12.8 Å². The maximum absolute atomic E-state index is 12.4. The number of ether oxygens (including phenoxy) is 3. The van der Waals surface area contributed by atoms with Crippen molar-refractivity contribution in [3.8, 4) is 17.2 Å². The molecule has 2 aromatic rings. The van der Waals surface area contributed by atoms with Crippen molar-refractivity contribution in [1.82, 2.24) is 5.32 Å². The van der Waals surface area contributed by atoms with Crippen LogP contribution in [0.3, 0.4) is 0 Å². The number of fused-ring (bicyclic) bond motifs is 1. The highest BCUT2D eigenvalue weighted by atomic mass is 16.7. The fraction of sp³-hybridized carbons (Fsp3) is 0.333. The van der Waals surface area contributed by atoms with E-state index < -0.39 is 0 Å². The third-order valence-corrected chi connectivity index (χ3v) is 4.95. The van der Waals surface area contributed by atoms with Crippen molar-refractivity contribution in [2.75, 3.05) is 25.8 Å². The molecule has 0 aromatic heterocycles. The first-order chi connectivity index (χ1) is 13.6. The van der Waals surface area contributed by atoms with Gasteiger partial charge in [-0.25, -0.2) is 0 Å². The second kappa shape index (κ2) is 7.80. The van der Waals surface area contributed by atoms with E-state index in [4.69, 9.17) is 14.2 Å². The summed E-state index contributed by atoms with van der Waals surface area (Å²) in [7, 11) is 1.63. The summed E-state index contributed by atoms with van der Waals surface area (Å²) in [5.41, 5.74) is 1.73. The molecule has 146 valence electrons. The highest BCUT2D eigenvalue weighted by Crippen LogP contribution is 2.40. The first-order valence-electron chi connectivity index (χ1n) is 9.25. The summed E-state index contributed by atoms with van der Waals surface area (Å²) in [5, 5.41) is 5.76. The van der Waals surface area contributed by atoms with Gasteiger partial charge in [-0.05, 0) is 42.7 Å². The van der Waals surface area contributed by atoms with E-state index >= 15 is 0 Å². The fourth-order valence-corrected chi connectivity index (χ4v) is 3.27. The van der Waals surface area contributed by atoms with Crippen LogP contribution in [-0.4, -0.2) is 32.3 Å². The Balaban J connectivity index is 1.23. The van der Waals surface area contributed by atoms with Crippen molar-refractivity contribution in [3.63, 3.8) is 0 Å². The van der Waals surface area contributed by atoms with Gasteiger partial charge in [0.2, 0.25) is 18.6 Å². The minimum Gasteiger partial charge on any atom is -0.497 e. The minimum atomic E-state index is -0.290. The zero-order valence-electron chi connectivity index (χ0n) is 15.6. The second-order valence-electron chi connectivity index (χ2n) is 6.90. The predicted molar refractivity (Wildman–Crippen MR) is 102 cm³/mol. The van der Waals surface area contributed by atoms with Gasteiger partial charge in [0.05, 0.1) is 18.9 Å². The molecule has 7 heteroatoms. The quantitative estimate of drug-likeness (QED) is 0.768. The third kappa shape index (κ3) is 4.03. The minimum absolute atomic E-state index is 0.0752. The van der Waals surface area contributed by atoms with Crippen molar-refractivity contribution >= 4 is 17.5 Å². The van der Waals surface area contributed by atoms with Gasteiger partial charge in [0.1, 0.15) is 5.75 Å². The number of hydrogen-bond donors (Lipinski definition) is 2. The molecular weight excluding hydrogens is 360 g/mol. The number of carbonyl (C=O) groups is 2. The Morgan fingerprint density at radius 3 is 2.75 bits per heavy atom. The van der Waals surface area contributed by atoms with Crippen LogP contribution < -0.4 is 24.8 Å². The number of anilines is 1. The lowest BCUT2D eigenvalue weighted by Crippen LogP contribution is -2.29. The maximum atomic E-state index is 12.4. The molecule has 28 heavy (non-hydrogen) atoms. The van der Waals surface area contributed by atoms with Gasteiger partial charge in [-0.1, -0.05) is 12.1 Å². The monoisotopic (exact) mass is 382 g/mol. The standard InChI is InChI=1S/C21H22N2O5/c1-26-15-4-2-3-13(9-15)7-8-22-20(24)16-11-17(16)21(25)23-14-5-6-18-19(10-14)28-12-27-18/h2-6,9-10,16-17H,7-8,11-12H2,1H3,(H,22,24)(H,23,25). The number of benzene rings is 2. The van der Waals surface area contributed by atoms with Gasteiger partial charge in [-0.15, -0.1) is 0 Å². The average molecular weight is 382 g/mol. The van der Waals surface area contributed by atoms with Gasteiger partial charge in [-0.2, -0.15) is 0 Å². The SMILES string of the molecule is COc1cccc(CCNC(=O)C2CC2C(=O)Nc2ccc3c(c2)OCO3)c1. The molecule has 2 aromatic carbocycles. The average Bonchev–Trinajstić information content (AvgIpc) is 3.39. The fourth-order valence-electron chi connectivity index (χ4n) is 3.27. The van der Waals surface area contributed by atoms with Gasteiger partial charge in [0, 0.05) is 18.3 Å². The number of rotatable bonds is 7. The number of amides is 2. The first-order valence-corrected chi connectivity index (χ1v) is 9.25. The molecular formula is C21H22N2O5. The van der Waals surface area contributed by atoms with E-state index in [1.807, 2.05) is 24.3 Å². The van der Waals surface area contributed by atoms with Gasteiger partial charge in [0.15, 0.2) is 11.5 Å². The van der Waals surface area contributed by atoms with Crippen LogP contribution in [-0.2, 0) is 16.0 Å². The van der Waals surface area contributed by atoms with Crippen LogP contribution in [0.25, 0.3) is 0 Å². The van der Waals surface area contributed by atoms with E-state index in [1.165, 1.54) is 0 Å². The number of methoxy groups -OCH3 is 1. The van der Waals surface area contributed by atoms with Crippen LogP contribution in [0.4, 0.5) is 5.69 Å². The van der Waals surface area contributed by atoms with Crippen LogP contribution in [0.15, 0.2) is 42.5 Å². The highest BCUT2D eigenvalue weighted by molar-refractivity contribution is 5.99. The molecule has 0 spiro atoms. The van der Waals surface area contributed by atoms with Crippen LogP contribution in [0.5, 0.6) is 17.2 Å². The molecule has 7 nitrogen and oxygen atoms in total. The predicted octanol–water partition coefficient (Wildman–Crippen LogP) is 2.36. The number of hydrogen-bond acceptors (Lipinski definition) is 5. The Hall–Kier alpha value is -3.22. The Kier molecular flexibility index (Phi) is 5.06. The van der Waals surface area contributed by atoms with Gasteiger partial charge in [0.25, 0.3) is 0 Å². The van der Waals surface area contributed by atoms with Gasteiger partial charge in [-0.3, -0.25) is 9.59 Å². The molecule has 1 saturated carbocycles. The van der Waals surface area contributed by atoms with E-state index in [0.717, 1.165) is 11.3 Å². The summed E-state index contributed by atoms with van der Waals surface area (Å²) in [6, 6.07) is 13.0. The van der Waals surface area contributed by atoms with Crippen LogP contribution in [0, 0.1) is 11.8 Å². The molecule has 1 aliphatic carbocycles. The normalized spacial score (nSPS) is 19.0. The summed E-state index contributed by atoms with van der Waals surface area (Å²) in [5.74, 6) is 1.30. The van der Waals surface area contributed by atoms with Crippen LogP contribution in [0.2, 0.25) is 0 Å². The smallest absolute Gasteiger partial charge is 0.231 e. The van der Waals surface area contributed by atoms with Gasteiger partial charge >= 0.3 is 0 Å². The summed E-state index contributed by atoms with van der Waals surface area (Å²) < 4.78 is 15.8. The maximum Gasteiger partial charge on any atom is 0.231 e. The Morgan fingerprint density at radius 1 is 1.07 bits per heavy atom. The third-order valence-electron chi connectivity index (χ3n) is 4.95. The molecule has 1 heterocycles. The molecule has 2 N–H and O–H groups in total. The summed E-state index contributed by atoms with van der Waals surface area (Å²) in [6.45, 7) is 0.715. The molecule has 2 atom stereocenters. The molecule has 1 aliphatic heterocycles. The molecule has 2 amide bonds. The Bertz CT molecular complexity index is 898. The molecule has 0 radical (unpaired) electrons. The Morgan fingerprint density at radius 2 is 1.89 bits per heavy atom. The van der Waals surface area contributed by atoms with E-state index in [1.54, 1.807) is 25.3 Å². The Labute approximate surface area is 163 Å². The topological polar surface area (TPSA) is 85.9 Å². The van der Waals surface area contributed by atoms with Crippen LogP contribution in [0.1, 0.15) is 12.0 Å². The molecule has 0 saturated heterocycles. The van der Waals surface area contributed by atoms with E-state index in [0.29, 0.717) is 36.6 Å². The van der Waals surface area contributed by atoms with Gasteiger partial charge < -0.3 is 24.8 Å². The van der Waals surface area contributed by atoms with Crippen molar-refractivity contribution in [3.05, 3.63) is 48.0 Å². The largest absolute Gasteiger partial charge is 0.497 e. The lowest BCUT2D eigenvalue weighted by Gasteiger charge is -2.08. The second-order valence-corrected chi connectivity index (χ2v) is 6.90. The van der Waals surface area contributed by atoms with Crippen LogP contribution >= 0.6 is 0 Å². The van der Waals surface area contributed by atoms with E-state index in [-0.39, 0.29) is 30.4 Å². The molecule has 2 unspecified atom stereocenters. The summed E-state index contributed by atoms with van der Waals surface area (Å²) >= 11 is 0. The number of carbonyl (C=O) groups excluding carboxylic acids is 2. The van der Waals surface area contributed by atoms with Crippen molar-refractivity contribution < 1.29 is 23.8 Å². The molecule has 2 aliphatic rings. The summed E-state index contributed by atoms with van der Waals surface area (Å²) in [4.78, 5) is 24.7.